The number of carbonyl (C=O) groups excluding carboxylic acids is 2. The fourth-order valence-electron chi connectivity index (χ4n) is 2.67. The molecule has 114 valence electrons. The van der Waals surface area contributed by atoms with Crippen LogP contribution in [0, 0.1) is 0 Å². The van der Waals surface area contributed by atoms with E-state index in [-0.39, 0.29) is 5.78 Å². The first-order chi connectivity index (χ1) is 11.7. The van der Waals surface area contributed by atoms with Crippen molar-refractivity contribution in [3.05, 3.63) is 83.7 Å². The maximum atomic E-state index is 12.7. The van der Waals surface area contributed by atoms with Crippen LogP contribution in [-0.2, 0) is 0 Å². The smallest absolute Gasteiger partial charge is 0.229 e. The van der Waals surface area contributed by atoms with Gasteiger partial charge in [-0.05, 0) is 36.4 Å². The van der Waals surface area contributed by atoms with E-state index in [9.17, 15) is 9.59 Å². The Hall–Kier alpha value is -3.40. The molecule has 24 heavy (non-hydrogen) atoms. The van der Waals surface area contributed by atoms with Crippen molar-refractivity contribution in [2.45, 2.75) is 0 Å². The van der Waals surface area contributed by atoms with Crippen LogP contribution in [0.4, 0.5) is 0 Å². The third kappa shape index (κ3) is 2.44. The van der Waals surface area contributed by atoms with Crippen LogP contribution < -0.4 is 0 Å². The van der Waals surface area contributed by atoms with Gasteiger partial charge in [0.1, 0.15) is 17.7 Å². The molecule has 0 bridgehead atoms. The zero-order valence-corrected chi connectivity index (χ0v) is 12.6. The molecule has 0 aliphatic carbocycles. The van der Waals surface area contributed by atoms with Crippen molar-refractivity contribution in [2.24, 2.45) is 0 Å². The maximum Gasteiger partial charge on any atom is 0.229 e. The predicted molar refractivity (Wildman–Crippen MR) is 92.3 cm³/mol. The van der Waals surface area contributed by atoms with E-state index in [0.29, 0.717) is 22.5 Å². The van der Waals surface area contributed by atoms with Gasteiger partial charge in [0, 0.05) is 16.3 Å². The Morgan fingerprint density at radius 1 is 0.750 bits per heavy atom. The highest BCUT2D eigenvalue weighted by molar-refractivity contribution is 6.08. The quantitative estimate of drug-likeness (QED) is 0.426. The summed E-state index contributed by atoms with van der Waals surface area (Å²) in [5, 5.41) is 1.81. The van der Waals surface area contributed by atoms with Gasteiger partial charge in [-0.25, -0.2) is 9.97 Å². The Morgan fingerprint density at radius 3 is 2.17 bits per heavy atom. The maximum absolute atomic E-state index is 12.7. The highest BCUT2D eigenvalue weighted by atomic mass is 16.1. The lowest BCUT2D eigenvalue weighted by atomic mass is 10.1. The van der Waals surface area contributed by atoms with Gasteiger partial charge >= 0.3 is 0 Å². The van der Waals surface area contributed by atoms with E-state index in [2.05, 4.69) is 9.97 Å². The fraction of sp³-hybridized carbons (Fsp3) is 0. The number of hydrogen-bond donors (Lipinski definition) is 0. The SMILES string of the molecule is O=Cc1ccc2nc(C(=O)c3ccc4ccccc4n3)ccc2c1. The number of fused-ring (bicyclic) bond motifs is 2. The van der Waals surface area contributed by atoms with Gasteiger partial charge in [-0.15, -0.1) is 0 Å². The lowest BCUT2D eigenvalue weighted by Crippen LogP contribution is -2.06. The van der Waals surface area contributed by atoms with Gasteiger partial charge in [-0.1, -0.05) is 30.3 Å². The molecule has 0 aliphatic heterocycles. The highest BCUT2D eigenvalue weighted by Crippen LogP contribution is 2.17. The summed E-state index contributed by atoms with van der Waals surface area (Å²) >= 11 is 0. The van der Waals surface area contributed by atoms with E-state index < -0.39 is 0 Å². The van der Waals surface area contributed by atoms with Crippen molar-refractivity contribution in [3.63, 3.8) is 0 Å². The van der Waals surface area contributed by atoms with Gasteiger partial charge < -0.3 is 0 Å². The minimum Gasteiger partial charge on any atom is -0.298 e. The summed E-state index contributed by atoms with van der Waals surface area (Å²) < 4.78 is 0. The van der Waals surface area contributed by atoms with Crippen molar-refractivity contribution < 1.29 is 9.59 Å². The Labute approximate surface area is 137 Å². The van der Waals surface area contributed by atoms with Crippen molar-refractivity contribution in [1.82, 2.24) is 9.97 Å². The molecule has 4 rings (SSSR count). The normalized spacial score (nSPS) is 10.8. The van der Waals surface area contributed by atoms with Crippen LogP contribution in [0.1, 0.15) is 26.5 Å². The first kappa shape index (κ1) is 14.2. The lowest BCUT2D eigenvalue weighted by molar-refractivity contribution is 0.103. The minimum absolute atomic E-state index is 0.220. The number of carbonyl (C=O) groups is 2. The molecule has 0 aliphatic rings. The monoisotopic (exact) mass is 312 g/mol. The fourth-order valence-corrected chi connectivity index (χ4v) is 2.67. The summed E-state index contributed by atoms with van der Waals surface area (Å²) in [6.45, 7) is 0. The second-order valence-corrected chi connectivity index (χ2v) is 5.48. The van der Waals surface area contributed by atoms with Crippen molar-refractivity contribution >= 4 is 33.9 Å². The van der Waals surface area contributed by atoms with Crippen LogP contribution in [0.3, 0.4) is 0 Å². The second kappa shape index (κ2) is 5.66. The average Bonchev–Trinajstić information content (AvgIpc) is 2.66. The zero-order chi connectivity index (χ0) is 16.5. The summed E-state index contributed by atoms with van der Waals surface area (Å²) in [5.74, 6) is -0.220. The number of benzene rings is 2. The van der Waals surface area contributed by atoms with E-state index in [1.807, 2.05) is 30.3 Å². The van der Waals surface area contributed by atoms with E-state index in [4.69, 9.17) is 0 Å². The van der Waals surface area contributed by atoms with Gasteiger partial charge in [-0.3, -0.25) is 9.59 Å². The van der Waals surface area contributed by atoms with Crippen LogP contribution in [0.5, 0.6) is 0 Å². The molecule has 2 aromatic heterocycles. The standard InChI is InChI=1S/C20H12N2O2/c23-12-13-5-8-17-15(11-13)7-10-19(22-17)20(24)18-9-6-14-3-1-2-4-16(14)21-18/h1-12H. The van der Waals surface area contributed by atoms with E-state index in [1.54, 1.807) is 36.4 Å². The van der Waals surface area contributed by atoms with E-state index in [1.165, 1.54) is 0 Å². The molecule has 0 saturated heterocycles. The molecule has 0 atom stereocenters. The Balaban J connectivity index is 1.77. The molecule has 0 saturated carbocycles. The summed E-state index contributed by atoms with van der Waals surface area (Å²) in [6, 6.07) is 19.9. The number of rotatable bonds is 3. The highest BCUT2D eigenvalue weighted by Gasteiger charge is 2.13. The van der Waals surface area contributed by atoms with Gasteiger partial charge in [0.05, 0.1) is 11.0 Å². The van der Waals surface area contributed by atoms with Gasteiger partial charge in [0.25, 0.3) is 0 Å². The number of para-hydroxylation sites is 1. The third-order valence-electron chi connectivity index (χ3n) is 3.91. The Bertz CT molecular complexity index is 1100. The van der Waals surface area contributed by atoms with Crippen LogP contribution >= 0.6 is 0 Å². The zero-order valence-electron chi connectivity index (χ0n) is 12.6. The molecule has 0 N–H and O–H groups in total. The first-order valence-corrected chi connectivity index (χ1v) is 7.51. The molecule has 2 heterocycles. The van der Waals surface area contributed by atoms with Crippen molar-refractivity contribution in [2.75, 3.05) is 0 Å². The third-order valence-corrected chi connectivity index (χ3v) is 3.91. The van der Waals surface area contributed by atoms with Gasteiger partial charge in [0.2, 0.25) is 5.78 Å². The minimum atomic E-state index is -0.220. The number of hydrogen-bond acceptors (Lipinski definition) is 4. The molecule has 4 aromatic rings. The summed E-state index contributed by atoms with van der Waals surface area (Å²) in [6.07, 6.45) is 0.789. The first-order valence-electron chi connectivity index (χ1n) is 7.51. The molecule has 0 fully saturated rings. The Kier molecular flexibility index (Phi) is 3.35. The van der Waals surface area contributed by atoms with Crippen molar-refractivity contribution in [3.8, 4) is 0 Å². The topological polar surface area (TPSA) is 59.9 Å². The molecular formula is C20H12N2O2. The number of pyridine rings is 2. The molecular weight excluding hydrogens is 300 g/mol. The summed E-state index contributed by atoms with van der Waals surface area (Å²) in [7, 11) is 0. The lowest BCUT2D eigenvalue weighted by Gasteiger charge is -2.04. The van der Waals surface area contributed by atoms with Gasteiger partial charge in [-0.2, -0.15) is 0 Å². The molecule has 0 spiro atoms. The second-order valence-electron chi connectivity index (χ2n) is 5.48. The van der Waals surface area contributed by atoms with Crippen LogP contribution in [0.15, 0.2) is 66.7 Å². The number of ketones is 1. The predicted octanol–water partition coefficient (Wildman–Crippen LogP) is 3.83. The van der Waals surface area contributed by atoms with Gasteiger partial charge in [0.15, 0.2) is 0 Å². The number of aromatic nitrogens is 2. The molecule has 0 radical (unpaired) electrons. The average molecular weight is 312 g/mol. The molecule has 2 aromatic carbocycles. The van der Waals surface area contributed by atoms with Crippen molar-refractivity contribution in [1.29, 1.82) is 0 Å². The number of nitrogens with zero attached hydrogens (tertiary/aromatic N) is 2. The van der Waals surface area contributed by atoms with E-state index in [0.717, 1.165) is 22.6 Å². The van der Waals surface area contributed by atoms with Crippen LogP contribution in [-0.4, -0.2) is 22.0 Å². The van der Waals surface area contributed by atoms with E-state index >= 15 is 0 Å². The molecule has 4 heteroatoms. The summed E-state index contributed by atoms with van der Waals surface area (Å²) in [4.78, 5) is 32.3. The summed E-state index contributed by atoms with van der Waals surface area (Å²) in [5.41, 5.74) is 2.74. The molecule has 0 amide bonds. The Morgan fingerprint density at radius 2 is 1.42 bits per heavy atom. The van der Waals surface area contributed by atoms with Crippen LogP contribution in [0.25, 0.3) is 21.8 Å². The molecule has 0 unspecified atom stereocenters. The largest absolute Gasteiger partial charge is 0.298 e. The molecule has 4 nitrogen and oxygen atoms in total. The number of aldehydes is 1. The van der Waals surface area contributed by atoms with Crippen LogP contribution in [0.2, 0.25) is 0 Å².